The standard InChI is InChI=1S/C33H26N2O6/c1-33(2,31(38)41-35-29(36)26-13-7-8-14-27(26)30(35)37)20-15-17-21(18-16-20)34-32(39)40-19-28-24-11-5-3-9-22(24)23-10-4-6-12-25(23)28/h3-18,28H,19H2,1-2H3,(H,34,39). The van der Waals surface area contributed by atoms with Crippen molar-refractivity contribution in [3.05, 3.63) is 125 Å². The Balaban J connectivity index is 1.08. The van der Waals surface area contributed by atoms with Crippen LogP contribution in [0.3, 0.4) is 0 Å². The minimum absolute atomic E-state index is 0.0514. The predicted molar refractivity (Wildman–Crippen MR) is 151 cm³/mol. The van der Waals surface area contributed by atoms with Crippen molar-refractivity contribution in [2.75, 3.05) is 11.9 Å². The van der Waals surface area contributed by atoms with E-state index in [1.54, 1.807) is 50.2 Å². The summed E-state index contributed by atoms with van der Waals surface area (Å²) in [4.78, 5) is 56.2. The molecule has 3 amide bonds. The number of amides is 3. The third-order valence-electron chi connectivity index (χ3n) is 7.64. The molecule has 4 aromatic carbocycles. The number of imide groups is 1. The van der Waals surface area contributed by atoms with Crippen molar-refractivity contribution in [3.63, 3.8) is 0 Å². The van der Waals surface area contributed by atoms with E-state index >= 15 is 0 Å². The third kappa shape index (κ3) is 4.53. The van der Waals surface area contributed by atoms with E-state index < -0.39 is 29.3 Å². The average Bonchev–Trinajstić information content (AvgIpc) is 3.43. The van der Waals surface area contributed by atoms with Gasteiger partial charge in [-0.15, -0.1) is 0 Å². The zero-order chi connectivity index (χ0) is 28.7. The van der Waals surface area contributed by atoms with Gasteiger partial charge in [0, 0.05) is 11.6 Å². The number of hydrogen-bond donors (Lipinski definition) is 1. The first-order valence-corrected chi connectivity index (χ1v) is 13.2. The highest BCUT2D eigenvalue weighted by atomic mass is 16.7. The van der Waals surface area contributed by atoms with Crippen LogP contribution in [0.15, 0.2) is 97.1 Å². The van der Waals surface area contributed by atoms with Gasteiger partial charge in [0.1, 0.15) is 6.61 Å². The van der Waals surface area contributed by atoms with Crippen LogP contribution in [-0.2, 0) is 19.8 Å². The first kappa shape index (κ1) is 26.0. The second kappa shape index (κ2) is 10.1. The van der Waals surface area contributed by atoms with Gasteiger partial charge in [-0.05, 0) is 65.9 Å². The molecule has 1 N–H and O–H groups in total. The Morgan fingerprint density at radius 1 is 0.732 bits per heavy atom. The second-order valence-corrected chi connectivity index (χ2v) is 10.5. The van der Waals surface area contributed by atoms with Crippen molar-refractivity contribution in [1.29, 1.82) is 0 Å². The summed E-state index contributed by atoms with van der Waals surface area (Å²) < 4.78 is 5.61. The van der Waals surface area contributed by atoms with Gasteiger partial charge in [-0.25, -0.2) is 9.59 Å². The lowest BCUT2D eigenvalue weighted by Crippen LogP contribution is -2.40. The molecule has 8 heteroatoms. The van der Waals surface area contributed by atoms with Gasteiger partial charge in [0.2, 0.25) is 0 Å². The van der Waals surface area contributed by atoms with Gasteiger partial charge in [0.05, 0.1) is 16.5 Å². The quantitative estimate of drug-likeness (QED) is 0.294. The van der Waals surface area contributed by atoms with Crippen LogP contribution in [0.1, 0.15) is 57.2 Å². The molecule has 6 rings (SSSR count). The molecule has 0 aromatic heterocycles. The monoisotopic (exact) mass is 546 g/mol. The molecule has 0 radical (unpaired) electrons. The van der Waals surface area contributed by atoms with Gasteiger partial charge in [0.15, 0.2) is 0 Å². The maximum Gasteiger partial charge on any atom is 0.411 e. The van der Waals surface area contributed by atoms with E-state index in [2.05, 4.69) is 29.6 Å². The highest BCUT2D eigenvalue weighted by molar-refractivity contribution is 6.21. The van der Waals surface area contributed by atoms with Crippen LogP contribution in [0.4, 0.5) is 10.5 Å². The van der Waals surface area contributed by atoms with E-state index in [0.29, 0.717) is 16.3 Å². The Labute approximate surface area is 236 Å². The molecule has 204 valence electrons. The van der Waals surface area contributed by atoms with Crippen molar-refractivity contribution >= 4 is 29.6 Å². The number of ether oxygens (including phenoxy) is 1. The summed E-state index contributed by atoms with van der Waals surface area (Å²) in [6.07, 6.45) is -0.594. The van der Waals surface area contributed by atoms with Crippen LogP contribution in [0.25, 0.3) is 11.1 Å². The normalized spacial score (nSPS) is 13.9. The van der Waals surface area contributed by atoms with Gasteiger partial charge in [0.25, 0.3) is 11.8 Å². The van der Waals surface area contributed by atoms with Crippen LogP contribution < -0.4 is 5.32 Å². The fourth-order valence-electron chi connectivity index (χ4n) is 5.29. The minimum Gasteiger partial charge on any atom is -0.448 e. The van der Waals surface area contributed by atoms with E-state index in [0.717, 1.165) is 22.3 Å². The number of rotatable bonds is 6. The van der Waals surface area contributed by atoms with Gasteiger partial charge >= 0.3 is 12.1 Å². The predicted octanol–water partition coefficient (Wildman–Crippen LogP) is 6.08. The maximum absolute atomic E-state index is 13.1. The molecule has 0 atom stereocenters. The summed E-state index contributed by atoms with van der Waals surface area (Å²) in [6, 6.07) is 29.2. The molecule has 0 fully saturated rings. The van der Waals surface area contributed by atoms with E-state index in [1.807, 2.05) is 24.3 Å². The Hall–Kier alpha value is -5.24. The van der Waals surface area contributed by atoms with Crippen molar-refractivity contribution < 1.29 is 28.8 Å². The smallest absolute Gasteiger partial charge is 0.411 e. The van der Waals surface area contributed by atoms with E-state index in [1.165, 1.54) is 12.1 Å². The zero-order valence-corrected chi connectivity index (χ0v) is 22.4. The van der Waals surface area contributed by atoms with Gasteiger partial charge < -0.3 is 9.57 Å². The molecular weight excluding hydrogens is 520 g/mol. The van der Waals surface area contributed by atoms with Crippen molar-refractivity contribution in [2.45, 2.75) is 25.2 Å². The Morgan fingerprint density at radius 2 is 1.22 bits per heavy atom. The van der Waals surface area contributed by atoms with Crippen molar-refractivity contribution in [2.24, 2.45) is 0 Å². The number of hydroxylamine groups is 2. The molecule has 0 saturated carbocycles. The van der Waals surface area contributed by atoms with Crippen molar-refractivity contribution in [1.82, 2.24) is 5.06 Å². The summed E-state index contributed by atoms with van der Waals surface area (Å²) in [5.74, 6) is -2.19. The molecule has 0 spiro atoms. The molecule has 8 nitrogen and oxygen atoms in total. The number of anilines is 1. The van der Waals surface area contributed by atoms with Crippen molar-refractivity contribution in [3.8, 4) is 11.1 Å². The number of fused-ring (bicyclic) bond motifs is 4. The van der Waals surface area contributed by atoms with Gasteiger partial charge in [-0.1, -0.05) is 77.9 Å². The molecule has 2 aliphatic rings. The van der Waals surface area contributed by atoms with E-state index in [9.17, 15) is 19.2 Å². The Kier molecular flexibility index (Phi) is 6.38. The first-order chi connectivity index (χ1) is 19.8. The van der Waals surface area contributed by atoms with Gasteiger partial charge in [-0.3, -0.25) is 14.9 Å². The number of carbonyl (C=O) groups is 4. The zero-order valence-electron chi connectivity index (χ0n) is 22.4. The molecule has 0 unspecified atom stereocenters. The Morgan fingerprint density at radius 3 is 1.76 bits per heavy atom. The lowest BCUT2D eigenvalue weighted by atomic mass is 9.85. The highest BCUT2D eigenvalue weighted by Gasteiger charge is 2.42. The number of carbonyl (C=O) groups excluding carboxylic acids is 4. The highest BCUT2D eigenvalue weighted by Crippen LogP contribution is 2.44. The summed E-state index contributed by atoms with van der Waals surface area (Å²) in [5, 5.41) is 3.23. The minimum atomic E-state index is -1.20. The number of hydrogen-bond acceptors (Lipinski definition) is 6. The largest absolute Gasteiger partial charge is 0.448 e. The molecule has 1 heterocycles. The molecule has 1 aliphatic heterocycles. The molecule has 0 saturated heterocycles. The lowest BCUT2D eigenvalue weighted by Gasteiger charge is -2.25. The van der Waals surface area contributed by atoms with Crippen LogP contribution >= 0.6 is 0 Å². The molecule has 0 bridgehead atoms. The van der Waals surface area contributed by atoms with E-state index in [4.69, 9.17) is 9.57 Å². The van der Waals surface area contributed by atoms with Crippen LogP contribution in [0.2, 0.25) is 0 Å². The molecule has 4 aromatic rings. The van der Waals surface area contributed by atoms with Gasteiger partial charge in [-0.2, -0.15) is 0 Å². The van der Waals surface area contributed by atoms with Crippen LogP contribution in [0.5, 0.6) is 0 Å². The third-order valence-corrected chi connectivity index (χ3v) is 7.64. The number of nitrogens with one attached hydrogen (secondary N) is 1. The van der Waals surface area contributed by atoms with E-state index in [-0.39, 0.29) is 23.7 Å². The summed E-state index contributed by atoms with van der Waals surface area (Å²) in [5.41, 5.74) is 4.78. The molecule has 41 heavy (non-hydrogen) atoms. The van der Waals surface area contributed by atoms with Crippen LogP contribution in [-0.4, -0.2) is 35.5 Å². The maximum atomic E-state index is 13.1. The molecule has 1 aliphatic carbocycles. The summed E-state index contributed by atoms with van der Waals surface area (Å²) in [7, 11) is 0. The Bertz CT molecular complexity index is 1630. The molecular formula is C33H26N2O6. The lowest BCUT2D eigenvalue weighted by molar-refractivity contribution is -0.174. The summed E-state index contributed by atoms with van der Waals surface area (Å²) in [6.45, 7) is 3.44. The summed E-state index contributed by atoms with van der Waals surface area (Å²) >= 11 is 0. The number of nitrogens with zero attached hydrogens (tertiary/aromatic N) is 1. The van der Waals surface area contributed by atoms with Crippen LogP contribution in [0, 0.1) is 0 Å². The fourth-order valence-corrected chi connectivity index (χ4v) is 5.29. The fraction of sp³-hybridized carbons (Fsp3) is 0.152. The SMILES string of the molecule is CC(C)(C(=O)ON1C(=O)c2ccccc2C1=O)c1ccc(NC(=O)OCC2c3ccccc3-c3ccccc32)cc1. The average molecular weight is 547 g/mol. The first-order valence-electron chi connectivity index (χ1n) is 13.2. The topological polar surface area (TPSA) is 102 Å². The number of benzene rings is 4. The second-order valence-electron chi connectivity index (χ2n) is 10.5.